The second-order valence-corrected chi connectivity index (χ2v) is 7.90. The number of halogens is 1. The highest BCUT2D eigenvalue weighted by Crippen LogP contribution is 2.30. The zero-order valence-corrected chi connectivity index (χ0v) is 17.5. The van der Waals surface area contributed by atoms with Crippen molar-refractivity contribution in [3.8, 4) is 0 Å². The maximum absolute atomic E-state index is 15.3. The molecule has 1 atom stereocenters. The first-order valence-electron chi connectivity index (χ1n) is 10.4. The van der Waals surface area contributed by atoms with E-state index in [1.807, 2.05) is 30.0 Å². The van der Waals surface area contributed by atoms with Gasteiger partial charge in [0.05, 0.1) is 17.4 Å². The van der Waals surface area contributed by atoms with Crippen molar-refractivity contribution in [2.24, 2.45) is 0 Å². The molecule has 1 aliphatic heterocycles. The van der Waals surface area contributed by atoms with Gasteiger partial charge in [0.25, 0.3) is 0 Å². The summed E-state index contributed by atoms with van der Waals surface area (Å²) in [6, 6.07) is 11.0. The average molecular weight is 418 g/mol. The monoisotopic (exact) mass is 418 g/mol. The van der Waals surface area contributed by atoms with Gasteiger partial charge in [-0.2, -0.15) is 0 Å². The molecule has 4 aromatic rings. The van der Waals surface area contributed by atoms with Crippen LogP contribution in [-0.4, -0.2) is 56.6 Å². The van der Waals surface area contributed by atoms with Crippen LogP contribution in [0.3, 0.4) is 0 Å². The summed E-state index contributed by atoms with van der Waals surface area (Å²) in [6.07, 6.45) is 3.42. The van der Waals surface area contributed by atoms with Crippen molar-refractivity contribution >= 4 is 28.3 Å². The van der Waals surface area contributed by atoms with Crippen LogP contribution in [0.15, 0.2) is 48.8 Å². The van der Waals surface area contributed by atoms with Crippen molar-refractivity contribution in [1.29, 1.82) is 0 Å². The Morgan fingerprint density at radius 1 is 1.06 bits per heavy atom. The molecule has 158 valence electrons. The number of imidazole rings is 1. The molecule has 1 unspecified atom stereocenters. The van der Waals surface area contributed by atoms with E-state index >= 15 is 4.39 Å². The van der Waals surface area contributed by atoms with E-state index in [4.69, 9.17) is 5.10 Å². The van der Waals surface area contributed by atoms with Crippen LogP contribution in [0.25, 0.3) is 16.6 Å². The molecule has 1 saturated heterocycles. The summed E-state index contributed by atoms with van der Waals surface area (Å²) in [4.78, 5) is 24.3. The van der Waals surface area contributed by atoms with Crippen LogP contribution in [0.1, 0.15) is 31.0 Å². The number of hydrogen-bond acceptors (Lipinski definition) is 5. The maximum Gasteiger partial charge on any atom is 0.219 e. The highest BCUT2D eigenvalue weighted by Gasteiger charge is 2.22. The zero-order chi connectivity index (χ0) is 21.5. The second kappa shape index (κ2) is 7.61. The third-order valence-corrected chi connectivity index (χ3v) is 6.08. The van der Waals surface area contributed by atoms with Gasteiger partial charge in [0.2, 0.25) is 5.91 Å². The molecule has 1 aromatic carbocycles. The smallest absolute Gasteiger partial charge is 0.219 e. The van der Waals surface area contributed by atoms with Gasteiger partial charge < -0.3 is 9.80 Å². The molecule has 0 spiro atoms. The first-order valence-corrected chi connectivity index (χ1v) is 10.4. The highest BCUT2D eigenvalue weighted by atomic mass is 19.1. The molecule has 1 fully saturated rings. The fourth-order valence-electron chi connectivity index (χ4n) is 4.22. The Hall–Kier alpha value is -3.55. The summed E-state index contributed by atoms with van der Waals surface area (Å²) in [5, 5.41) is 5.32. The van der Waals surface area contributed by atoms with Gasteiger partial charge in [-0.1, -0.05) is 13.0 Å². The van der Waals surface area contributed by atoms with Crippen LogP contribution in [0, 0.1) is 5.82 Å². The predicted octanol–water partition coefficient (Wildman–Crippen LogP) is 3.24. The number of carbonyl (C=O) groups excluding carboxylic acids is 1. The average Bonchev–Trinajstić information content (AvgIpc) is 3.22. The Morgan fingerprint density at radius 3 is 2.65 bits per heavy atom. The van der Waals surface area contributed by atoms with E-state index in [0.29, 0.717) is 29.6 Å². The van der Waals surface area contributed by atoms with Gasteiger partial charge in [0.1, 0.15) is 11.6 Å². The number of nitrogens with zero attached hydrogens (tertiary/aromatic N) is 6. The maximum atomic E-state index is 15.3. The molecule has 0 radical (unpaired) electrons. The molecule has 5 rings (SSSR count). The largest absolute Gasteiger partial charge is 0.352 e. The summed E-state index contributed by atoms with van der Waals surface area (Å²) in [5.41, 5.74) is 2.76. The van der Waals surface area contributed by atoms with Crippen LogP contribution < -0.4 is 4.90 Å². The zero-order valence-electron chi connectivity index (χ0n) is 17.5. The Morgan fingerprint density at radius 2 is 1.87 bits per heavy atom. The highest BCUT2D eigenvalue weighted by molar-refractivity contribution is 5.80. The molecule has 4 heterocycles. The number of anilines is 1. The van der Waals surface area contributed by atoms with E-state index in [9.17, 15) is 4.79 Å². The number of amides is 1. The van der Waals surface area contributed by atoms with Gasteiger partial charge in [-0.25, -0.2) is 13.9 Å². The lowest BCUT2D eigenvalue weighted by atomic mass is 9.96. The molecule has 31 heavy (non-hydrogen) atoms. The molecule has 0 N–H and O–H groups in total. The van der Waals surface area contributed by atoms with Crippen molar-refractivity contribution in [1.82, 2.24) is 24.5 Å². The SMILES string of the molecule is CC(=O)N1CCN(c2ccc3ncc(C(C)c4ccc5ncccc5c4F)n3n2)CC1. The van der Waals surface area contributed by atoms with Gasteiger partial charge in [0, 0.05) is 50.6 Å². The first-order chi connectivity index (χ1) is 15.0. The Kier molecular flexibility index (Phi) is 4.77. The number of aromatic nitrogens is 4. The van der Waals surface area contributed by atoms with Crippen molar-refractivity contribution in [2.75, 3.05) is 31.1 Å². The fraction of sp³-hybridized carbons (Fsp3) is 0.304. The lowest BCUT2D eigenvalue weighted by Crippen LogP contribution is -2.48. The number of carbonyl (C=O) groups is 1. The molecular formula is C23H23FN6O. The normalized spacial score (nSPS) is 15.6. The molecule has 7 nitrogen and oxygen atoms in total. The fourth-order valence-corrected chi connectivity index (χ4v) is 4.22. The van der Waals surface area contributed by atoms with Crippen molar-refractivity contribution in [2.45, 2.75) is 19.8 Å². The summed E-state index contributed by atoms with van der Waals surface area (Å²) in [7, 11) is 0. The van der Waals surface area contributed by atoms with E-state index in [1.54, 1.807) is 42.0 Å². The number of rotatable bonds is 3. The number of fused-ring (bicyclic) bond motifs is 2. The van der Waals surface area contributed by atoms with E-state index in [0.717, 1.165) is 30.2 Å². The van der Waals surface area contributed by atoms with E-state index in [2.05, 4.69) is 14.9 Å². The van der Waals surface area contributed by atoms with Crippen LogP contribution in [-0.2, 0) is 4.79 Å². The number of piperazine rings is 1. The molecular weight excluding hydrogens is 395 g/mol. The standard InChI is InChI=1S/C23H23FN6O/c1-15(17-5-6-19-18(23(17)24)4-3-9-25-19)20-14-26-21-7-8-22(27-30(20)21)29-12-10-28(11-13-29)16(2)31/h3-9,14-15H,10-13H2,1-2H3. The van der Waals surface area contributed by atoms with E-state index in [-0.39, 0.29) is 17.6 Å². The van der Waals surface area contributed by atoms with Crippen LogP contribution >= 0.6 is 0 Å². The molecule has 1 aliphatic rings. The van der Waals surface area contributed by atoms with Crippen molar-refractivity contribution in [3.63, 3.8) is 0 Å². The minimum absolute atomic E-state index is 0.0985. The summed E-state index contributed by atoms with van der Waals surface area (Å²) >= 11 is 0. The third-order valence-electron chi connectivity index (χ3n) is 6.08. The van der Waals surface area contributed by atoms with E-state index in [1.165, 1.54) is 0 Å². The minimum atomic E-state index is -0.260. The Labute approximate surface area is 179 Å². The van der Waals surface area contributed by atoms with Gasteiger partial charge in [-0.05, 0) is 35.9 Å². The molecule has 3 aromatic heterocycles. The lowest BCUT2D eigenvalue weighted by Gasteiger charge is -2.34. The van der Waals surface area contributed by atoms with Gasteiger partial charge >= 0.3 is 0 Å². The quantitative estimate of drug-likeness (QED) is 0.511. The molecule has 0 saturated carbocycles. The van der Waals surface area contributed by atoms with Crippen molar-refractivity contribution in [3.05, 3.63) is 65.9 Å². The molecule has 0 aliphatic carbocycles. The summed E-state index contributed by atoms with van der Waals surface area (Å²) in [6.45, 7) is 6.37. The summed E-state index contributed by atoms with van der Waals surface area (Å²) < 4.78 is 17.0. The predicted molar refractivity (Wildman–Crippen MR) is 117 cm³/mol. The van der Waals surface area contributed by atoms with E-state index < -0.39 is 0 Å². The van der Waals surface area contributed by atoms with Gasteiger partial charge in [-0.15, -0.1) is 5.10 Å². The van der Waals surface area contributed by atoms with Gasteiger partial charge in [0.15, 0.2) is 5.65 Å². The van der Waals surface area contributed by atoms with Crippen LogP contribution in [0.5, 0.6) is 0 Å². The topological polar surface area (TPSA) is 66.6 Å². The first kappa shape index (κ1) is 19.4. The number of benzene rings is 1. The molecule has 0 bridgehead atoms. The van der Waals surface area contributed by atoms with Crippen LogP contribution in [0.4, 0.5) is 10.2 Å². The number of hydrogen-bond donors (Lipinski definition) is 0. The van der Waals surface area contributed by atoms with Gasteiger partial charge in [-0.3, -0.25) is 9.78 Å². The minimum Gasteiger partial charge on any atom is -0.352 e. The van der Waals surface area contributed by atoms with Crippen LogP contribution in [0.2, 0.25) is 0 Å². The Balaban J connectivity index is 1.49. The second-order valence-electron chi connectivity index (χ2n) is 7.90. The van der Waals surface area contributed by atoms with Crippen molar-refractivity contribution < 1.29 is 9.18 Å². The summed E-state index contributed by atoms with van der Waals surface area (Å²) in [5.74, 6) is 0.424. The Bertz CT molecular complexity index is 1280. The molecule has 1 amide bonds. The lowest BCUT2D eigenvalue weighted by molar-refractivity contribution is -0.129. The number of pyridine rings is 1. The third kappa shape index (κ3) is 3.37. The molecule has 8 heteroatoms.